The van der Waals surface area contributed by atoms with E-state index in [1.54, 1.807) is 0 Å². The Morgan fingerprint density at radius 3 is 2.76 bits per heavy atom. The van der Waals surface area contributed by atoms with Gasteiger partial charge in [0, 0.05) is 26.3 Å². The third kappa shape index (κ3) is 3.65. The maximum Gasteiger partial charge on any atom is 0.0963 e. The summed E-state index contributed by atoms with van der Waals surface area (Å²) in [5, 5.41) is 10.4. The van der Waals surface area contributed by atoms with E-state index < -0.39 is 0 Å². The van der Waals surface area contributed by atoms with Gasteiger partial charge in [0.15, 0.2) is 0 Å². The van der Waals surface area contributed by atoms with E-state index in [0.29, 0.717) is 5.92 Å². The van der Waals surface area contributed by atoms with Crippen molar-refractivity contribution in [3.63, 3.8) is 0 Å². The largest absolute Gasteiger partial charge is 0.390 e. The highest BCUT2D eigenvalue weighted by molar-refractivity contribution is 4.83. The van der Waals surface area contributed by atoms with Gasteiger partial charge in [-0.05, 0) is 31.7 Å². The van der Waals surface area contributed by atoms with Crippen LogP contribution in [0.5, 0.6) is 0 Å². The molecule has 0 radical (unpaired) electrons. The van der Waals surface area contributed by atoms with E-state index in [-0.39, 0.29) is 12.2 Å². The van der Waals surface area contributed by atoms with Crippen LogP contribution >= 0.6 is 0 Å². The third-order valence-corrected chi connectivity index (χ3v) is 3.85. The molecule has 1 N–H and O–H groups in total. The van der Waals surface area contributed by atoms with Crippen LogP contribution in [0.3, 0.4) is 0 Å². The summed E-state index contributed by atoms with van der Waals surface area (Å²) in [6.45, 7) is 7.52. The molecular formula is C13H25NO3. The average Bonchev–Trinajstić information content (AvgIpc) is 2.40. The fourth-order valence-electron chi connectivity index (χ4n) is 2.82. The average molecular weight is 243 g/mol. The predicted octanol–water partition coefficient (Wildman–Crippen LogP) is 0.885. The molecule has 0 aromatic heterocycles. The van der Waals surface area contributed by atoms with Crippen molar-refractivity contribution in [2.75, 3.05) is 39.5 Å². The number of hydrogen-bond acceptors (Lipinski definition) is 4. The van der Waals surface area contributed by atoms with Crippen LogP contribution in [0.1, 0.15) is 26.2 Å². The maximum atomic E-state index is 10.4. The van der Waals surface area contributed by atoms with Gasteiger partial charge in [-0.3, -0.25) is 4.90 Å². The number of nitrogens with zero attached hydrogens (tertiary/aromatic N) is 1. The summed E-state index contributed by atoms with van der Waals surface area (Å²) in [6, 6.07) is 0. The van der Waals surface area contributed by atoms with E-state index in [2.05, 4.69) is 11.8 Å². The van der Waals surface area contributed by atoms with Crippen molar-refractivity contribution in [2.45, 2.75) is 38.4 Å². The molecule has 0 aromatic rings. The Bertz CT molecular complexity index is 217. The molecule has 2 fully saturated rings. The van der Waals surface area contributed by atoms with Gasteiger partial charge in [-0.2, -0.15) is 0 Å². The highest BCUT2D eigenvalue weighted by Gasteiger charge is 2.32. The first kappa shape index (κ1) is 13.3. The number of hydrogen-bond donors (Lipinski definition) is 1. The zero-order valence-corrected chi connectivity index (χ0v) is 10.8. The van der Waals surface area contributed by atoms with E-state index in [4.69, 9.17) is 9.47 Å². The molecule has 2 aliphatic heterocycles. The zero-order chi connectivity index (χ0) is 12.1. The smallest absolute Gasteiger partial charge is 0.0963 e. The summed E-state index contributed by atoms with van der Waals surface area (Å²) in [7, 11) is 0. The van der Waals surface area contributed by atoms with E-state index in [1.165, 1.54) is 6.42 Å². The number of aliphatic hydroxyl groups is 1. The number of morpholine rings is 1. The molecule has 4 nitrogen and oxygen atoms in total. The Hall–Kier alpha value is -0.160. The summed E-state index contributed by atoms with van der Waals surface area (Å²) >= 11 is 0. The monoisotopic (exact) mass is 243 g/mol. The van der Waals surface area contributed by atoms with Crippen LogP contribution in [0.4, 0.5) is 0 Å². The van der Waals surface area contributed by atoms with Crippen LogP contribution in [0, 0.1) is 5.92 Å². The highest BCUT2D eigenvalue weighted by atomic mass is 16.5. The van der Waals surface area contributed by atoms with Crippen molar-refractivity contribution >= 4 is 0 Å². The Balaban J connectivity index is 1.82. The van der Waals surface area contributed by atoms with Crippen molar-refractivity contribution in [2.24, 2.45) is 5.92 Å². The van der Waals surface area contributed by atoms with Gasteiger partial charge in [0.2, 0.25) is 0 Å². The second kappa shape index (κ2) is 6.69. The topological polar surface area (TPSA) is 41.9 Å². The van der Waals surface area contributed by atoms with Gasteiger partial charge in [-0.25, -0.2) is 0 Å². The Labute approximate surface area is 104 Å². The molecule has 2 heterocycles. The first-order valence-electron chi connectivity index (χ1n) is 6.91. The molecular weight excluding hydrogens is 218 g/mol. The molecule has 0 aromatic carbocycles. The Morgan fingerprint density at radius 1 is 1.29 bits per heavy atom. The van der Waals surface area contributed by atoms with Crippen LogP contribution in [0.25, 0.3) is 0 Å². The lowest BCUT2D eigenvalue weighted by Crippen LogP contribution is -2.50. The van der Waals surface area contributed by atoms with Gasteiger partial charge in [0.25, 0.3) is 0 Å². The van der Waals surface area contributed by atoms with Crippen LogP contribution in [-0.4, -0.2) is 61.7 Å². The molecule has 2 saturated heterocycles. The van der Waals surface area contributed by atoms with E-state index in [9.17, 15) is 5.11 Å². The van der Waals surface area contributed by atoms with Crippen molar-refractivity contribution < 1.29 is 14.6 Å². The molecule has 0 amide bonds. The number of rotatable bonds is 4. The van der Waals surface area contributed by atoms with Crippen LogP contribution in [-0.2, 0) is 9.47 Å². The van der Waals surface area contributed by atoms with Crippen molar-refractivity contribution in [1.29, 1.82) is 0 Å². The molecule has 100 valence electrons. The second-order valence-electron chi connectivity index (χ2n) is 5.15. The van der Waals surface area contributed by atoms with Gasteiger partial charge >= 0.3 is 0 Å². The quantitative estimate of drug-likeness (QED) is 0.796. The first-order valence-corrected chi connectivity index (χ1v) is 6.91. The zero-order valence-electron chi connectivity index (χ0n) is 10.8. The molecule has 17 heavy (non-hydrogen) atoms. The van der Waals surface area contributed by atoms with Crippen LogP contribution < -0.4 is 0 Å². The lowest BCUT2D eigenvalue weighted by molar-refractivity contribution is -0.117. The van der Waals surface area contributed by atoms with Crippen LogP contribution in [0.2, 0.25) is 0 Å². The minimum Gasteiger partial charge on any atom is -0.390 e. The summed E-state index contributed by atoms with van der Waals surface area (Å²) in [5.41, 5.74) is 0. The number of ether oxygens (including phenoxy) is 2. The van der Waals surface area contributed by atoms with Gasteiger partial charge in [-0.15, -0.1) is 0 Å². The van der Waals surface area contributed by atoms with E-state index >= 15 is 0 Å². The highest BCUT2D eigenvalue weighted by Crippen LogP contribution is 2.23. The van der Waals surface area contributed by atoms with Gasteiger partial charge in [0.05, 0.1) is 18.8 Å². The minimum atomic E-state index is -0.321. The Morgan fingerprint density at radius 2 is 2.06 bits per heavy atom. The van der Waals surface area contributed by atoms with Crippen molar-refractivity contribution in [1.82, 2.24) is 4.90 Å². The second-order valence-corrected chi connectivity index (χ2v) is 5.15. The maximum absolute atomic E-state index is 10.4. The van der Waals surface area contributed by atoms with Crippen molar-refractivity contribution in [3.8, 4) is 0 Å². The summed E-state index contributed by atoms with van der Waals surface area (Å²) in [6.07, 6.45) is 2.78. The molecule has 0 spiro atoms. The molecule has 0 aliphatic carbocycles. The minimum absolute atomic E-state index is 0.00148. The molecule has 4 heteroatoms. The summed E-state index contributed by atoms with van der Waals surface area (Å²) in [5.74, 6) is 0.357. The van der Waals surface area contributed by atoms with E-state index in [1.807, 2.05) is 0 Å². The molecule has 2 unspecified atom stereocenters. The lowest BCUT2D eigenvalue weighted by Gasteiger charge is -2.38. The fourth-order valence-corrected chi connectivity index (χ4v) is 2.82. The lowest BCUT2D eigenvalue weighted by atomic mass is 9.90. The normalized spacial score (nSPS) is 30.4. The van der Waals surface area contributed by atoms with Gasteiger partial charge < -0.3 is 14.6 Å². The fraction of sp³-hybridized carbons (Fsp3) is 1.00. The molecule has 0 bridgehead atoms. The summed E-state index contributed by atoms with van der Waals surface area (Å²) < 4.78 is 11.1. The van der Waals surface area contributed by atoms with E-state index in [0.717, 1.165) is 52.3 Å². The SMILES string of the molecule is CCCN1CCOC(C(O)C2CCOCC2)C1. The predicted molar refractivity (Wildman–Crippen MR) is 66.0 cm³/mol. The summed E-state index contributed by atoms with van der Waals surface area (Å²) in [4.78, 5) is 2.40. The molecule has 2 rings (SSSR count). The molecule has 2 aliphatic rings. The molecule has 2 atom stereocenters. The van der Waals surface area contributed by atoms with Gasteiger partial charge in [0.1, 0.15) is 0 Å². The number of aliphatic hydroxyl groups excluding tert-OH is 1. The molecule has 0 saturated carbocycles. The Kier molecular flexibility index (Phi) is 5.22. The standard InChI is InChI=1S/C13H25NO3/c1-2-5-14-6-9-17-12(10-14)13(15)11-3-7-16-8-4-11/h11-13,15H,2-10H2,1H3. The first-order chi connectivity index (χ1) is 8.31. The third-order valence-electron chi connectivity index (χ3n) is 3.85. The van der Waals surface area contributed by atoms with Crippen LogP contribution in [0.15, 0.2) is 0 Å². The van der Waals surface area contributed by atoms with Crippen molar-refractivity contribution in [3.05, 3.63) is 0 Å². The van der Waals surface area contributed by atoms with Gasteiger partial charge in [-0.1, -0.05) is 6.92 Å².